The van der Waals surface area contributed by atoms with Gasteiger partial charge in [-0.2, -0.15) is 5.10 Å². The highest BCUT2D eigenvalue weighted by molar-refractivity contribution is 5.23. The van der Waals surface area contributed by atoms with Crippen LogP contribution in [0.1, 0.15) is 36.6 Å². The zero-order chi connectivity index (χ0) is 12.4. The van der Waals surface area contributed by atoms with Gasteiger partial charge >= 0.3 is 0 Å². The first-order valence-corrected chi connectivity index (χ1v) is 6.04. The topological polar surface area (TPSA) is 43.6 Å². The molecular weight excluding hydrogens is 212 g/mol. The molecule has 4 heteroatoms. The lowest BCUT2D eigenvalue weighted by Gasteiger charge is -2.05. The largest absolute Gasteiger partial charge is 0.251 e. The van der Waals surface area contributed by atoms with Gasteiger partial charge in [0.25, 0.3) is 5.95 Å². The van der Waals surface area contributed by atoms with Crippen molar-refractivity contribution < 1.29 is 0 Å². The molecule has 0 bridgehead atoms. The van der Waals surface area contributed by atoms with E-state index in [1.807, 2.05) is 24.6 Å². The van der Waals surface area contributed by atoms with Crippen molar-refractivity contribution in [2.45, 2.75) is 40.5 Å². The molecule has 0 radical (unpaired) electrons. The fraction of sp³-hybridized carbons (Fsp3) is 0.462. The summed E-state index contributed by atoms with van der Waals surface area (Å²) in [6.07, 6.45) is 1.87. The van der Waals surface area contributed by atoms with Crippen LogP contribution in [-0.2, 0) is 12.8 Å². The van der Waals surface area contributed by atoms with Crippen LogP contribution in [-0.4, -0.2) is 19.7 Å². The van der Waals surface area contributed by atoms with Crippen LogP contribution in [0.3, 0.4) is 0 Å². The van der Waals surface area contributed by atoms with Gasteiger partial charge in [0.05, 0.1) is 5.69 Å². The second kappa shape index (κ2) is 4.65. The first kappa shape index (κ1) is 11.8. The fourth-order valence-electron chi connectivity index (χ4n) is 1.87. The monoisotopic (exact) mass is 230 g/mol. The van der Waals surface area contributed by atoms with Gasteiger partial charge in [0, 0.05) is 17.1 Å². The summed E-state index contributed by atoms with van der Waals surface area (Å²) < 4.78 is 1.86. The van der Waals surface area contributed by atoms with E-state index in [0.29, 0.717) is 5.95 Å². The number of nitrogens with zero attached hydrogens (tertiary/aromatic N) is 4. The molecular formula is C13H18N4. The molecule has 2 aromatic heterocycles. The summed E-state index contributed by atoms with van der Waals surface area (Å²) in [5, 5.41) is 4.54. The molecule has 0 saturated carbocycles. The predicted octanol–water partition coefficient (Wildman–Crippen LogP) is 2.40. The molecule has 0 amide bonds. The van der Waals surface area contributed by atoms with Crippen LogP contribution in [0, 0.1) is 13.8 Å². The standard InChI is InChI=1S/C13H18N4/c1-5-11-8-12(6-2)17(16-11)13-14-9(3)7-10(4)15-13/h7-8H,5-6H2,1-4H3. The average Bonchev–Trinajstić information content (AvgIpc) is 2.70. The second-order valence-electron chi connectivity index (χ2n) is 4.20. The number of hydrogen-bond acceptors (Lipinski definition) is 3. The van der Waals surface area contributed by atoms with Gasteiger partial charge < -0.3 is 0 Å². The molecule has 0 aromatic carbocycles. The number of aryl methyl sites for hydroxylation is 4. The van der Waals surface area contributed by atoms with Crippen molar-refractivity contribution >= 4 is 0 Å². The van der Waals surface area contributed by atoms with Crippen molar-refractivity contribution in [3.63, 3.8) is 0 Å². The molecule has 0 atom stereocenters. The second-order valence-corrected chi connectivity index (χ2v) is 4.20. The summed E-state index contributed by atoms with van der Waals surface area (Å²) in [7, 11) is 0. The molecule has 0 aliphatic carbocycles. The Labute approximate surface area is 102 Å². The summed E-state index contributed by atoms with van der Waals surface area (Å²) in [6, 6.07) is 4.10. The molecule has 0 fully saturated rings. The lowest BCUT2D eigenvalue weighted by atomic mass is 10.3. The van der Waals surface area contributed by atoms with Crippen molar-refractivity contribution in [2.24, 2.45) is 0 Å². The van der Waals surface area contributed by atoms with Crippen molar-refractivity contribution in [1.29, 1.82) is 0 Å². The molecule has 0 unspecified atom stereocenters. The van der Waals surface area contributed by atoms with Gasteiger partial charge in [0.2, 0.25) is 0 Å². The third-order valence-corrected chi connectivity index (χ3v) is 2.72. The first-order chi connectivity index (χ1) is 8.13. The van der Waals surface area contributed by atoms with E-state index < -0.39 is 0 Å². The Morgan fingerprint density at radius 3 is 2.18 bits per heavy atom. The van der Waals surface area contributed by atoms with Crippen molar-refractivity contribution in [2.75, 3.05) is 0 Å². The van der Waals surface area contributed by atoms with Crippen molar-refractivity contribution in [3.05, 3.63) is 34.9 Å². The number of hydrogen-bond donors (Lipinski definition) is 0. The van der Waals surface area contributed by atoms with Crippen LogP contribution in [0.25, 0.3) is 5.95 Å². The summed E-state index contributed by atoms with van der Waals surface area (Å²) in [5.74, 6) is 0.680. The molecule has 4 nitrogen and oxygen atoms in total. The van der Waals surface area contributed by atoms with Crippen LogP contribution >= 0.6 is 0 Å². The third kappa shape index (κ3) is 2.35. The Morgan fingerprint density at radius 2 is 1.65 bits per heavy atom. The summed E-state index contributed by atoms with van der Waals surface area (Å²) in [5.41, 5.74) is 4.20. The Bertz CT molecular complexity index is 508. The van der Waals surface area contributed by atoms with E-state index in [0.717, 1.165) is 35.6 Å². The molecule has 0 spiro atoms. The SMILES string of the molecule is CCc1cc(CC)n(-c2nc(C)cc(C)n2)n1. The van der Waals surface area contributed by atoms with Crippen molar-refractivity contribution in [1.82, 2.24) is 19.7 Å². The lowest BCUT2D eigenvalue weighted by Crippen LogP contribution is -2.08. The van der Waals surface area contributed by atoms with Gasteiger partial charge in [-0.3, -0.25) is 0 Å². The van der Waals surface area contributed by atoms with Gasteiger partial charge in [-0.1, -0.05) is 13.8 Å². The number of aromatic nitrogens is 4. The Morgan fingerprint density at radius 1 is 1.00 bits per heavy atom. The summed E-state index contributed by atoms with van der Waals surface area (Å²) >= 11 is 0. The van der Waals surface area contributed by atoms with Crippen LogP contribution < -0.4 is 0 Å². The molecule has 0 N–H and O–H groups in total. The first-order valence-electron chi connectivity index (χ1n) is 6.04. The normalized spacial score (nSPS) is 10.8. The molecule has 0 aliphatic rings. The minimum Gasteiger partial charge on any atom is -0.216 e. The van der Waals surface area contributed by atoms with Gasteiger partial charge in [-0.15, -0.1) is 0 Å². The van der Waals surface area contributed by atoms with E-state index >= 15 is 0 Å². The van der Waals surface area contributed by atoms with E-state index in [1.54, 1.807) is 0 Å². The Kier molecular flexibility index (Phi) is 3.22. The molecule has 90 valence electrons. The zero-order valence-corrected chi connectivity index (χ0v) is 10.9. The van der Waals surface area contributed by atoms with Crippen LogP contribution in [0.2, 0.25) is 0 Å². The summed E-state index contributed by atoms with van der Waals surface area (Å²) in [6.45, 7) is 8.19. The molecule has 2 rings (SSSR count). The maximum atomic E-state index is 4.54. The fourth-order valence-corrected chi connectivity index (χ4v) is 1.87. The highest BCUT2D eigenvalue weighted by Gasteiger charge is 2.10. The zero-order valence-electron chi connectivity index (χ0n) is 10.9. The van der Waals surface area contributed by atoms with E-state index in [1.165, 1.54) is 0 Å². The highest BCUT2D eigenvalue weighted by Crippen LogP contribution is 2.11. The minimum absolute atomic E-state index is 0.680. The quantitative estimate of drug-likeness (QED) is 0.813. The van der Waals surface area contributed by atoms with E-state index in [9.17, 15) is 0 Å². The lowest BCUT2D eigenvalue weighted by molar-refractivity contribution is 0.737. The molecule has 0 aliphatic heterocycles. The van der Waals surface area contributed by atoms with Gasteiger partial charge in [-0.05, 0) is 38.8 Å². The van der Waals surface area contributed by atoms with E-state index in [2.05, 4.69) is 35.0 Å². The molecule has 17 heavy (non-hydrogen) atoms. The summed E-state index contributed by atoms with van der Waals surface area (Å²) in [4.78, 5) is 8.90. The van der Waals surface area contributed by atoms with Crippen LogP contribution in [0.5, 0.6) is 0 Å². The number of rotatable bonds is 3. The highest BCUT2D eigenvalue weighted by atomic mass is 15.4. The van der Waals surface area contributed by atoms with E-state index in [-0.39, 0.29) is 0 Å². The predicted molar refractivity (Wildman–Crippen MR) is 67.4 cm³/mol. The Balaban J connectivity index is 2.54. The smallest absolute Gasteiger partial charge is 0.216 e. The minimum atomic E-state index is 0.680. The molecule has 2 heterocycles. The van der Waals surface area contributed by atoms with Gasteiger partial charge in [-0.25, -0.2) is 14.6 Å². The van der Waals surface area contributed by atoms with Crippen molar-refractivity contribution in [3.8, 4) is 5.95 Å². The molecule has 2 aromatic rings. The van der Waals surface area contributed by atoms with Gasteiger partial charge in [0.1, 0.15) is 0 Å². The van der Waals surface area contributed by atoms with E-state index in [4.69, 9.17) is 0 Å². The third-order valence-electron chi connectivity index (χ3n) is 2.72. The van der Waals surface area contributed by atoms with Crippen LogP contribution in [0.4, 0.5) is 0 Å². The maximum absolute atomic E-state index is 4.54. The average molecular weight is 230 g/mol. The van der Waals surface area contributed by atoms with Crippen LogP contribution in [0.15, 0.2) is 12.1 Å². The molecule has 0 saturated heterocycles. The Hall–Kier alpha value is -1.71. The maximum Gasteiger partial charge on any atom is 0.251 e. The van der Waals surface area contributed by atoms with Gasteiger partial charge in [0.15, 0.2) is 0 Å².